The number of rotatable bonds is 9. The van der Waals surface area contributed by atoms with Gasteiger partial charge in [0.1, 0.15) is 0 Å². The number of aliphatic hydroxyl groups is 2. The third-order valence-corrected chi connectivity index (χ3v) is 2.66. The predicted molar refractivity (Wildman–Crippen MR) is 72.8 cm³/mol. The molecular weight excluding hydrogens is 264 g/mol. The highest BCUT2D eigenvalue weighted by atomic mass is 16.6. The van der Waals surface area contributed by atoms with Crippen LogP contribution in [-0.4, -0.2) is 47.6 Å². The Balaban J connectivity index is 4.07. The van der Waals surface area contributed by atoms with E-state index in [0.29, 0.717) is 24.7 Å². The lowest BCUT2D eigenvalue weighted by molar-refractivity contribution is -0.173. The van der Waals surface area contributed by atoms with Crippen molar-refractivity contribution >= 4 is 11.9 Å². The topological polar surface area (TPSA) is 93.1 Å². The number of hydrogen-bond donors (Lipinski definition) is 2. The van der Waals surface area contributed by atoms with Gasteiger partial charge in [-0.1, -0.05) is 27.7 Å². The zero-order chi connectivity index (χ0) is 15.7. The molecule has 0 aliphatic heterocycles. The smallest absolute Gasteiger partial charge is 0.338 e. The van der Waals surface area contributed by atoms with Crippen LogP contribution in [0.5, 0.6) is 0 Å². The quantitative estimate of drug-likeness (QED) is 0.613. The molecule has 0 bridgehead atoms. The SMILES string of the molecule is CC(C)CCOC(=O)C(O)C(O)C(=O)OCCC(C)C. The molecule has 0 aromatic heterocycles. The second-order valence-electron chi connectivity index (χ2n) is 5.59. The molecule has 0 amide bonds. The van der Waals surface area contributed by atoms with Crippen molar-refractivity contribution < 1.29 is 29.3 Å². The Morgan fingerprint density at radius 2 is 1.10 bits per heavy atom. The Morgan fingerprint density at radius 3 is 1.35 bits per heavy atom. The molecule has 0 radical (unpaired) electrons. The molecule has 0 saturated heterocycles. The van der Waals surface area contributed by atoms with Crippen LogP contribution in [0, 0.1) is 11.8 Å². The van der Waals surface area contributed by atoms with Crippen LogP contribution in [0.3, 0.4) is 0 Å². The highest BCUT2D eigenvalue weighted by Gasteiger charge is 2.32. The summed E-state index contributed by atoms with van der Waals surface area (Å²) in [6, 6.07) is 0. The van der Waals surface area contributed by atoms with Gasteiger partial charge >= 0.3 is 11.9 Å². The molecule has 0 aliphatic carbocycles. The van der Waals surface area contributed by atoms with Gasteiger partial charge in [0.2, 0.25) is 0 Å². The van der Waals surface area contributed by atoms with Gasteiger partial charge in [-0.2, -0.15) is 0 Å². The number of esters is 2. The van der Waals surface area contributed by atoms with Crippen LogP contribution in [-0.2, 0) is 19.1 Å². The molecule has 2 atom stereocenters. The van der Waals surface area contributed by atoms with E-state index in [1.54, 1.807) is 0 Å². The predicted octanol–water partition coefficient (Wildman–Crippen LogP) is 0.887. The minimum Gasteiger partial charge on any atom is -0.464 e. The summed E-state index contributed by atoms with van der Waals surface area (Å²) in [6.07, 6.45) is -2.52. The highest BCUT2D eigenvalue weighted by Crippen LogP contribution is 2.05. The van der Waals surface area contributed by atoms with Gasteiger partial charge in [0, 0.05) is 0 Å². The number of carbonyl (C=O) groups is 2. The first-order chi connectivity index (χ1) is 9.25. The van der Waals surface area contributed by atoms with E-state index in [1.807, 2.05) is 27.7 Å². The summed E-state index contributed by atoms with van der Waals surface area (Å²) in [4.78, 5) is 22.8. The van der Waals surface area contributed by atoms with E-state index in [0.717, 1.165) is 0 Å². The first-order valence-corrected chi connectivity index (χ1v) is 6.95. The van der Waals surface area contributed by atoms with Crippen molar-refractivity contribution in [2.75, 3.05) is 13.2 Å². The van der Waals surface area contributed by atoms with E-state index in [2.05, 4.69) is 0 Å². The molecule has 20 heavy (non-hydrogen) atoms. The zero-order valence-electron chi connectivity index (χ0n) is 12.7. The lowest BCUT2D eigenvalue weighted by Crippen LogP contribution is -2.42. The number of hydrogen-bond acceptors (Lipinski definition) is 6. The summed E-state index contributed by atoms with van der Waals surface area (Å²) in [5.74, 6) is -1.32. The molecule has 118 valence electrons. The molecule has 0 fully saturated rings. The van der Waals surface area contributed by atoms with Gasteiger partial charge in [-0.25, -0.2) is 9.59 Å². The van der Waals surface area contributed by atoms with Crippen LogP contribution in [0.25, 0.3) is 0 Å². The average molecular weight is 290 g/mol. The summed E-state index contributed by atoms with van der Waals surface area (Å²) >= 11 is 0. The summed E-state index contributed by atoms with van der Waals surface area (Å²) < 4.78 is 9.54. The number of ether oxygens (including phenoxy) is 2. The maximum absolute atomic E-state index is 11.4. The van der Waals surface area contributed by atoms with E-state index in [-0.39, 0.29) is 13.2 Å². The fourth-order valence-electron chi connectivity index (χ4n) is 1.22. The second-order valence-corrected chi connectivity index (χ2v) is 5.59. The fraction of sp³-hybridized carbons (Fsp3) is 0.857. The summed E-state index contributed by atoms with van der Waals surface area (Å²) in [7, 11) is 0. The standard InChI is InChI=1S/C14H26O6/c1-9(2)5-7-19-13(17)11(15)12(16)14(18)20-8-6-10(3)4/h9-12,15-16H,5-8H2,1-4H3. The molecule has 2 N–H and O–H groups in total. The normalized spacial score (nSPS) is 14.2. The van der Waals surface area contributed by atoms with Crippen molar-refractivity contribution in [3.63, 3.8) is 0 Å². The third kappa shape index (κ3) is 8.12. The van der Waals surface area contributed by atoms with E-state index in [9.17, 15) is 19.8 Å². The van der Waals surface area contributed by atoms with Crippen molar-refractivity contribution in [1.82, 2.24) is 0 Å². The lowest BCUT2D eigenvalue weighted by atomic mass is 10.1. The molecule has 0 rings (SSSR count). The van der Waals surface area contributed by atoms with Crippen LogP contribution in [0.1, 0.15) is 40.5 Å². The van der Waals surface area contributed by atoms with E-state index >= 15 is 0 Å². The van der Waals surface area contributed by atoms with Crippen LogP contribution >= 0.6 is 0 Å². The molecule has 6 heteroatoms. The van der Waals surface area contributed by atoms with Gasteiger partial charge in [-0.15, -0.1) is 0 Å². The summed E-state index contributed by atoms with van der Waals surface area (Å²) in [6.45, 7) is 8.14. The van der Waals surface area contributed by atoms with Gasteiger partial charge in [-0.05, 0) is 24.7 Å². The Labute approximate surface area is 120 Å². The monoisotopic (exact) mass is 290 g/mol. The third-order valence-electron chi connectivity index (χ3n) is 2.66. The van der Waals surface area contributed by atoms with Crippen LogP contribution in [0.15, 0.2) is 0 Å². The summed E-state index contributed by atoms with van der Waals surface area (Å²) in [5, 5.41) is 19.0. The van der Waals surface area contributed by atoms with Gasteiger partial charge in [0.25, 0.3) is 0 Å². The fourth-order valence-corrected chi connectivity index (χ4v) is 1.22. The maximum Gasteiger partial charge on any atom is 0.338 e. The highest BCUT2D eigenvalue weighted by molar-refractivity contribution is 5.85. The van der Waals surface area contributed by atoms with Gasteiger partial charge in [0.05, 0.1) is 13.2 Å². The molecule has 0 aromatic rings. The van der Waals surface area contributed by atoms with Gasteiger partial charge in [0.15, 0.2) is 12.2 Å². The van der Waals surface area contributed by atoms with Gasteiger partial charge < -0.3 is 19.7 Å². The van der Waals surface area contributed by atoms with E-state index in [1.165, 1.54) is 0 Å². The van der Waals surface area contributed by atoms with Crippen LogP contribution in [0.2, 0.25) is 0 Å². The zero-order valence-corrected chi connectivity index (χ0v) is 12.7. The maximum atomic E-state index is 11.4. The van der Waals surface area contributed by atoms with Crippen molar-refractivity contribution in [1.29, 1.82) is 0 Å². The molecule has 0 heterocycles. The van der Waals surface area contributed by atoms with Crippen LogP contribution in [0.4, 0.5) is 0 Å². The molecular formula is C14H26O6. The average Bonchev–Trinajstić information content (AvgIpc) is 2.35. The minimum absolute atomic E-state index is 0.142. The van der Waals surface area contributed by atoms with Crippen molar-refractivity contribution in [3.8, 4) is 0 Å². The summed E-state index contributed by atoms with van der Waals surface area (Å²) in [5.41, 5.74) is 0. The van der Waals surface area contributed by atoms with Crippen molar-refractivity contribution in [2.45, 2.75) is 52.7 Å². The van der Waals surface area contributed by atoms with Gasteiger partial charge in [-0.3, -0.25) is 0 Å². The van der Waals surface area contributed by atoms with Crippen LogP contribution < -0.4 is 0 Å². The van der Waals surface area contributed by atoms with Crippen molar-refractivity contribution in [2.24, 2.45) is 11.8 Å². The Bertz CT molecular complexity index is 270. The van der Waals surface area contributed by atoms with E-state index in [4.69, 9.17) is 9.47 Å². The largest absolute Gasteiger partial charge is 0.464 e. The second kappa shape index (κ2) is 9.72. The Kier molecular flexibility index (Phi) is 9.16. The first-order valence-electron chi connectivity index (χ1n) is 6.95. The lowest BCUT2D eigenvalue weighted by Gasteiger charge is -2.16. The molecule has 0 aliphatic rings. The molecule has 0 saturated carbocycles. The number of aliphatic hydroxyl groups excluding tert-OH is 2. The number of carbonyl (C=O) groups excluding carboxylic acids is 2. The Hall–Kier alpha value is -1.14. The molecule has 6 nitrogen and oxygen atoms in total. The Morgan fingerprint density at radius 1 is 0.800 bits per heavy atom. The van der Waals surface area contributed by atoms with Crippen molar-refractivity contribution in [3.05, 3.63) is 0 Å². The molecule has 0 aromatic carbocycles. The molecule has 0 spiro atoms. The first kappa shape index (κ1) is 18.9. The van der Waals surface area contributed by atoms with E-state index < -0.39 is 24.1 Å². The molecule has 2 unspecified atom stereocenters. The minimum atomic E-state index is -1.91.